The minimum atomic E-state index is -0.471. The summed E-state index contributed by atoms with van der Waals surface area (Å²) in [5.74, 6) is 5.72. The van der Waals surface area contributed by atoms with Gasteiger partial charge in [-0.3, -0.25) is 0 Å². The van der Waals surface area contributed by atoms with E-state index in [1.807, 2.05) is 24.3 Å². The van der Waals surface area contributed by atoms with Crippen LogP contribution in [0.1, 0.15) is 17.5 Å². The SMILES string of the molecule is O=c1[nH][nH]c(=O)n1Cc1cccc(C#CCCO)c1. The molecule has 0 atom stereocenters. The molecular formula is C13H13N3O3. The standard InChI is InChI=1S/C13H13N3O3/c17-7-2-1-4-10-5-3-6-11(8-10)9-16-12(18)14-15-13(16)19/h3,5-6,8,17H,2,7,9H2,(H,14,18)(H,15,19). The fourth-order valence-electron chi connectivity index (χ4n) is 1.63. The molecule has 6 heteroatoms. The normalized spacial score (nSPS) is 9.95. The van der Waals surface area contributed by atoms with E-state index in [1.54, 1.807) is 0 Å². The number of nitrogens with zero attached hydrogens (tertiary/aromatic N) is 1. The van der Waals surface area contributed by atoms with E-state index >= 15 is 0 Å². The molecule has 0 aliphatic carbocycles. The van der Waals surface area contributed by atoms with Crippen molar-refractivity contribution >= 4 is 0 Å². The number of aromatic amines is 2. The summed E-state index contributed by atoms with van der Waals surface area (Å²) in [5, 5.41) is 13.1. The van der Waals surface area contributed by atoms with Crippen LogP contribution in [0.5, 0.6) is 0 Å². The van der Waals surface area contributed by atoms with Crippen molar-refractivity contribution < 1.29 is 5.11 Å². The van der Waals surface area contributed by atoms with E-state index < -0.39 is 11.4 Å². The molecule has 0 bridgehead atoms. The Kier molecular flexibility index (Phi) is 4.00. The van der Waals surface area contributed by atoms with Gasteiger partial charge in [-0.25, -0.2) is 24.4 Å². The van der Waals surface area contributed by atoms with Crippen LogP contribution in [0.15, 0.2) is 33.9 Å². The van der Waals surface area contributed by atoms with Gasteiger partial charge in [0.25, 0.3) is 0 Å². The summed E-state index contributed by atoms with van der Waals surface area (Å²) in [6.07, 6.45) is 0.418. The summed E-state index contributed by atoms with van der Waals surface area (Å²) in [5.41, 5.74) is 0.650. The van der Waals surface area contributed by atoms with E-state index in [0.29, 0.717) is 6.42 Å². The van der Waals surface area contributed by atoms with Crippen LogP contribution in [0.2, 0.25) is 0 Å². The van der Waals surface area contributed by atoms with Gasteiger partial charge in [0, 0.05) is 12.0 Å². The van der Waals surface area contributed by atoms with Crippen molar-refractivity contribution in [3.63, 3.8) is 0 Å². The van der Waals surface area contributed by atoms with Crippen molar-refractivity contribution in [3.8, 4) is 11.8 Å². The highest BCUT2D eigenvalue weighted by Crippen LogP contribution is 2.04. The van der Waals surface area contributed by atoms with Crippen LogP contribution in [0.3, 0.4) is 0 Å². The largest absolute Gasteiger partial charge is 0.395 e. The van der Waals surface area contributed by atoms with Gasteiger partial charge in [0.05, 0.1) is 13.2 Å². The molecular weight excluding hydrogens is 246 g/mol. The highest BCUT2D eigenvalue weighted by atomic mass is 16.2. The highest BCUT2D eigenvalue weighted by molar-refractivity contribution is 5.37. The Bertz CT molecular complexity index is 700. The van der Waals surface area contributed by atoms with E-state index in [2.05, 4.69) is 22.0 Å². The van der Waals surface area contributed by atoms with Gasteiger partial charge in [0.2, 0.25) is 0 Å². The van der Waals surface area contributed by atoms with Gasteiger partial charge in [0.15, 0.2) is 0 Å². The topological polar surface area (TPSA) is 90.9 Å². The molecule has 0 aliphatic rings. The number of hydrogen-bond acceptors (Lipinski definition) is 3. The number of rotatable bonds is 3. The molecule has 1 heterocycles. The van der Waals surface area contributed by atoms with E-state index in [0.717, 1.165) is 15.7 Å². The lowest BCUT2D eigenvalue weighted by Gasteiger charge is -2.00. The second-order valence-corrected chi connectivity index (χ2v) is 3.92. The number of benzene rings is 1. The Balaban J connectivity index is 2.23. The number of aromatic nitrogens is 3. The molecule has 0 fully saturated rings. The molecule has 3 N–H and O–H groups in total. The van der Waals surface area contributed by atoms with Crippen molar-refractivity contribution in [2.24, 2.45) is 0 Å². The Labute approximate surface area is 108 Å². The zero-order chi connectivity index (χ0) is 13.7. The number of nitrogens with one attached hydrogen (secondary N) is 2. The first-order chi connectivity index (χ1) is 9.20. The minimum absolute atomic E-state index is 0.0286. The molecule has 19 heavy (non-hydrogen) atoms. The number of H-pyrrole nitrogens is 2. The molecule has 0 aliphatic heterocycles. The van der Waals surface area contributed by atoms with Crippen LogP contribution >= 0.6 is 0 Å². The Morgan fingerprint density at radius 2 is 1.95 bits per heavy atom. The monoisotopic (exact) mass is 259 g/mol. The van der Waals surface area contributed by atoms with Crippen LogP contribution in [0.4, 0.5) is 0 Å². The Hall–Kier alpha value is -2.52. The molecule has 6 nitrogen and oxygen atoms in total. The van der Waals surface area contributed by atoms with Gasteiger partial charge in [0.1, 0.15) is 0 Å². The highest BCUT2D eigenvalue weighted by Gasteiger charge is 2.03. The molecule has 0 saturated carbocycles. The number of hydrogen-bond donors (Lipinski definition) is 3. The molecule has 0 amide bonds. The molecule has 1 aromatic heterocycles. The molecule has 0 saturated heterocycles. The summed E-state index contributed by atoms with van der Waals surface area (Å²) < 4.78 is 1.07. The summed E-state index contributed by atoms with van der Waals surface area (Å²) in [6.45, 7) is 0.216. The lowest BCUT2D eigenvalue weighted by Crippen LogP contribution is -2.26. The molecule has 1 aromatic carbocycles. The van der Waals surface area contributed by atoms with Crippen LogP contribution < -0.4 is 11.4 Å². The maximum absolute atomic E-state index is 11.4. The smallest absolute Gasteiger partial charge is 0.344 e. The first kappa shape index (κ1) is 12.9. The Morgan fingerprint density at radius 3 is 2.63 bits per heavy atom. The van der Waals surface area contributed by atoms with E-state index in [9.17, 15) is 9.59 Å². The van der Waals surface area contributed by atoms with Crippen LogP contribution in [0.25, 0.3) is 0 Å². The van der Waals surface area contributed by atoms with Crippen molar-refractivity contribution in [2.45, 2.75) is 13.0 Å². The van der Waals surface area contributed by atoms with Crippen LogP contribution in [0, 0.1) is 11.8 Å². The predicted octanol–water partition coefficient (Wildman–Crippen LogP) is -0.353. The lowest BCUT2D eigenvalue weighted by atomic mass is 10.1. The number of aliphatic hydroxyl groups excluding tert-OH is 1. The van der Waals surface area contributed by atoms with Gasteiger partial charge >= 0.3 is 11.4 Å². The second kappa shape index (κ2) is 5.89. The average molecular weight is 259 g/mol. The van der Waals surface area contributed by atoms with Crippen molar-refractivity contribution in [1.82, 2.24) is 14.8 Å². The van der Waals surface area contributed by atoms with Crippen molar-refractivity contribution in [3.05, 3.63) is 56.4 Å². The van der Waals surface area contributed by atoms with E-state index in [-0.39, 0.29) is 13.2 Å². The molecule has 0 radical (unpaired) electrons. The second-order valence-electron chi connectivity index (χ2n) is 3.92. The third-order valence-electron chi connectivity index (χ3n) is 2.50. The zero-order valence-corrected chi connectivity index (χ0v) is 10.1. The van der Waals surface area contributed by atoms with Crippen LogP contribution in [-0.2, 0) is 6.54 Å². The predicted molar refractivity (Wildman–Crippen MR) is 69.8 cm³/mol. The summed E-state index contributed by atoms with van der Waals surface area (Å²) in [7, 11) is 0. The summed E-state index contributed by atoms with van der Waals surface area (Å²) in [6, 6.07) is 7.27. The molecule has 2 aromatic rings. The average Bonchev–Trinajstić information content (AvgIpc) is 2.72. The first-order valence-electron chi connectivity index (χ1n) is 5.77. The fraction of sp³-hybridized carbons (Fsp3) is 0.231. The van der Waals surface area contributed by atoms with Gasteiger partial charge < -0.3 is 5.11 Å². The summed E-state index contributed by atoms with van der Waals surface area (Å²) in [4.78, 5) is 22.7. The molecule has 0 unspecified atom stereocenters. The quantitative estimate of drug-likeness (QED) is 0.658. The van der Waals surface area contributed by atoms with E-state index in [4.69, 9.17) is 5.11 Å². The zero-order valence-electron chi connectivity index (χ0n) is 10.1. The minimum Gasteiger partial charge on any atom is -0.395 e. The van der Waals surface area contributed by atoms with Crippen molar-refractivity contribution in [2.75, 3.05) is 6.61 Å². The van der Waals surface area contributed by atoms with Crippen LogP contribution in [-0.4, -0.2) is 26.5 Å². The maximum atomic E-state index is 11.4. The maximum Gasteiger partial charge on any atom is 0.344 e. The third kappa shape index (κ3) is 3.24. The first-order valence-corrected chi connectivity index (χ1v) is 5.77. The van der Waals surface area contributed by atoms with Crippen molar-refractivity contribution in [1.29, 1.82) is 0 Å². The summed E-state index contributed by atoms with van der Waals surface area (Å²) >= 11 is 0. The lowest BCUT2D eigenvalue weighted by molar-refractivity contribution is 0.305. The van der Waals surface area contributed by atoms with Gasteiger partial charge in [-0.1, -0.05) is 24.0 Å². The number of aliphatic hydroxyl groups is 1. The molecule has 2 rings (SSSR count). The molecule has 0 spiro atoms. The fourth-order valence-corrected chi connectivity index (χ4v) is 1.63. The van der Waals surface area contributed by atoms with E-state index in [1.165, 1.54) is 0 Å². The third-order valence-corrected chi connectivity index (χ3v) is 2.50. The molecule has 98 valence electrons. The van der Waals surface area contributed by atoms with Gasteiger partial charge in [-0.2, -0.15) is 0 Å². The van der Waals surface area contributed by atoms with Gasteiger partial charge in [-0.15, -0.1) is 0 Å². The van der Waals surface area contributed by atoms with Gasteiger partial charge in [-0.05, 0) is 17.7 Å². The Morgan fingerprint density at radius 1 is 1.21 bits per heavy atom.